The summed E-state index contributed by atoms with van der Waals surface area (Å²) in [7, 11) is 3.29. The number of ether oxygens (including phenoxy) is 2. The van der Waals surface area contributed by atoms with Crippen LogP contribution in [0.5, 0.6) is 11.5 Å². The molecule has 0 saturated heterocycles. The summed E-state index contributed by atoms with van der Waals surface area (Å²) in [6.07, 6.45) is 4.07. The SMILES string of the molecule is C=CCc1c(OC)c(NCC(C)C)cc2c(NCc3ccc(OC)c(Cl)c3)ncnc12. The van der Waals surface area contributed by atoms with E-state index in [0.29, 0.717) is 29.7 Å². The molecule has 31 heavy (non-hydrogen) atoms. The highest BCUT2D eigenvalue weighted by atomic mass is 35.5. The van der Waals surface area contributed by atoms with Gasteiger partial charge in [0, 0.05) is 24.0 Å². The van der Waals surface area contributed by atoms with Crippen LogP contribution in [0.2, 0.25) is 5.02 Å². The monoisotopic (exact) mass is 440 g/mol. The zero-order valence-electron chi connectivity index (χ0n) is 18.5. The maximum atomic E-state index is 6.27. The topological polar surface area (TPSA) is 68.3 Å². The smallest absolute Gasteiger partial charge is 0.147 e. The van der Waals surface area contributed by atoms with E-state index in [2.05, 4.69) is 41.0 Å². The Morgan fingerprint density at radius 2 is 1.94 bits per heavy atom. The Labute approximate surface area is 188 Å². The van der Waals surface area contributed by atoms with Crippen molar-refractivity contribution in [2.45, 2.75) is 26.8 Å². The summed E-state index contributed by atoms with van der Waals surface area (Å²) in [5.41, 5.74) is 3.78. The van der Waals surface area contributed by atoms with E-state index < -0.39 is 0 Å². The van der Waals surface area contributed by atoms with Gasteiger partial charge in [0.25, 0.3) is 0 Å². The third-order valence-electron chi connectivity index (χ3n) is 4.91. The van der Waals surface area contributed by atoms with Gasteiger partial charge in [-0.05, 0) is 36.1 Å². The number of nitrogens with zero attached hydrogens (tertiary/aromatic N) is 2. The molecule has 0 aliphatic rings. The normalized spacial score (nSPS) is 10.9. The molecule has 3 aromatic rings. The van der Waals surface area contributed by atoms with E-state index in [-0.39, 0.29) is 0 Å². The van der Waals surface area contributed by atoms with E-state index in [0.717, 1.165) is 45.8 Å². The summed E-state index contributed by atoms with van der Waals surface area (Å²) in [5.74, 6) is 2.68. The maximum Gasteiger partial charge on any atom is 0.147 e. The van der Waals surface area contributed by atoms with Crippen LogP contribution in [0.3, 0.4) is 0 Å². The summed E-state index contributed by atoms with van der Waals surface area (Å²) in [6.45, 7) is 9.63. The molecule has 0 fully saturated rings. The molecule has 2 N–H and O–H groups in total. The minimum Gasteiger partial charge on any atom is -0.495 e. The zero-order valence-corrected chi connectivity index (χ0v) is 19.2. The van der Waals surface area contributed by atoms with Crippen molar-refractivity contribution in [2.75, 3.05) is 31.4 Å². The molecule has 1 aromatic heterocycles. The Kier molecular flexibility index (Phi) is 7.58. The number of benzene rings is 2. The number of hydrogen-bond acceptors (Lipinski definition) is 6. The number of fused-ring (bicyclic) bond motifs is 1. The van der Waals surface area contributed by atoms with Gasteiger partial charge in [-0.15, -0.1) is 6.58 Å². The zero-order chi connectivity index (χ0) is 22.4. The first-order valence-electron chi connectivity index (χ1n) is 10.2. The number of rotatable bonds is 10. The van der Waals surface area contributed by atoms with Gasteiger partial charge in [0.15, 0.2) is 0 Å². The number of anilines is 2. The van der Waals surface area contributed by atoms with Crippen molar-refractivity contribution >= 4 is 34.0 Å². The van der Waals surface area contributed by atoms with Crippen LogP contribution in [0.1, 0.15) is 25.0 Å². The van der Waals surface area contributed by atoms with Crippen molar-refractivity contribution in [1.82, 2.24) is 9.97 Å². The number of aromatic nitrogens is 2. The lowest BCUT2D eigenvalue weighted by molar-refractivity contribution is 0.413. The summed E-state index contributed by atoms with van der Waals surface area (Å²) < 4.78 is 11.0. The summed E-state index contributed by atoms with van der Waals surface area (Å²) in [4.78, 5) is 9.05. The molecule has 0 spiro atoms. The fourth-order valence-corrected chi connectivity index (χ4v) is 3.69. The third-order valence-corrected chi connectivity index (χ3v) is 5.20. The van der Waals surface area contributed by atoms with Crippen molar-refractivity contribution in [2.24, 2.45) is 5.92 Å². The Hall–Kier alpha value is -2.99. The predicted molar refractivity (Wildman–Crippen MR) is 129 cm³/mol. The van der Waals surface area contributed by atoms with E-state index in [1.54, 1.807) is 20.5 Å². The molecule has 164 valence electrons. The van der Waals surface area contributed by atoms with Crippen LogP contribution in [0, 0.1) is 5.92 Å². The fraction of sp³-hybridized carbons (Fsp3) is 0.333. The number of hydrogen-bond donors (Lipinski definition) is 2. The number of allylic oxidation sites excluding steroid dienone is 1. The summed E-state index contributed by atoms with van der Waals surface area (Å²) >= 11 is 6.27. The van der Waals surface area contributed by atoms with Gasteiger partial charge in [0.2, 0.25) is 0 Å². The van der Waals surface area contributed by atoms with Crippen LogP contribution in [-0.4, -0.2) is 30.7 Å². The molecule has 6 nitrogen and oxygen atoms in total. The number of nitrogens with one attached hydrogen (secondary N) is 2. The van der Waals surface area contributed by atoms with E-state index in [1.165, 1.54) is 0 Å². The summed E-state index contributed by atoms with van der Waals surface area (Å²) in [5, 5.41) is 8.42. The van der Waals surface area contributed by atoms with E-state index in [1.807, 2.05) is 30.3 Å². The lowest BCUT2D eigenvalue weighted by atomic mass is 10.0. The number of methoxy groups -OCH3 is 2. The molecule has 0 bridgehead atoms. The van der Waals surface area contributed by atoms with Crippen LogP contribution in [-0.2, 0) is 13.0 Å². The standard InChI is InChI=1S/C24H29ClN4O2/c1-6-7-17-22-18(11-20(23(17)31-5)26-12-15(2)3)24(29-14-28-22)27-13-16-8-9-21(30-4)19(25)10-16/h6,8-11,14-15,26H,1,7,12-13H2,2-5H3,(H,27,28,29). The van der Waals surface area contributed by atoms with E-state index in [9.17, 15) is 0 Å². The maximum absolute atomic E-state index is 6.27. The molecule has 0 aliphatic carbocycles. The Bertz CT molecular complexity index is 1070. The molecule has 0 radical (unpaired) electrons. The first-order valence-corrected chi connectivity index (χ1v) is 10.6. The molecular weight excluding hydrogens is 412 g/mol. The Balaban J connectivity index is 2.01. The molecule has 0 amide bonds. The van der Waals surface area contributed by atoms with Gasteiger partial charge < -0.3 is 20.1 Å². The highest BCUT2D eigenvalue weighted by Gasteiger charge is 2.17. The molecule has 0 unspecified atom stereocenters. The van der Waals surface area contributed by atoms with Gasteiger partial charge >= 0.3 is 0 Å². The van der Waals surface area contributed by atoms with Crippen molar-refractivity contribution in [3.63, 3.8) is 0 Å². The minimum atomic E-state index is 0.493. The molecule has 1 heterocycles. The lowest BCUT2D eigenvalue weighted by Crippen LogP contribution is -2.11. The van der Waals surface area contributed by atoms with Gasteiger partial charge in [-0.25, -0.2) is 9.97 Å². The van der Waals surface area contributed by atoms with Gasteiger partial charge in [-0.1, -0.05) is 37.6 Å². The molecular formula is C24H29ClN4O2. The average molecular weight is 441 g/mol. The van der Waals surface area contributed by atoms with Crippen LogP contribution in [0.4, 0.5) is 11.5 Å². The largest absolute Gasteiger partial charge is 0.495 e. The molecule has 3 rings (SSSR count). The van der Waals surface area contributed by atoms with E-state index >= 15 is 0 Å². The van der Waals surface area contributed by atoms with Gasteiger partial charge in [0.05, 0.1) is 30.4 Å². The van der Waals surface area contributed by atoms with Gasteiger partial charge in [-0.2, -0.15) is 0 Å². The van der Waals surface area contributed by atoms with Crippen LogP contribution < -0.4 is 20.1 Å². The molecule has 0 atom stereocenters. The average Bonchev–Trinajstić information content (AvgIpc) is 2.76. The molecule has 2 aromatic carbocycles. The summed E-state index contributed by atoms with van der Waals surface area (Å²) in [6, 6.07) is 7.77. The second-order valence-electron chi connectivity index (χ2n) is 7.64. The second-order valence-corrected chi connectivity index (χ2v) is 8.05. The van der Waals surface area contributed by atoms with Crippen LogP contribution in [0.25, 0.3) is 10.9 Å². The van der Waals surface area contributed by atoms with Crippen LogP contribution in [0.15, 0.2) is 43.2 Å². The lowest BCUT2D eigenvalue weighted by Gasteiger charge is -2.19. The van der Waals surface area contributed by atoms with Crippen LogP contribution >= 0.6 is 11.6 Å². The highest BCUT2D eigenvalue weighted by molar-refractivity contribution is 6.32. The Morgan fingerprint density at radius 1 is 1.13 bits per heavy atom. The first-order chi connectivity index (χ1) is 15.0. The van der Waals surface area contributed by atoms with Crippen molar-refractivity contribution < 1.29 is 9.47 Å². The quantitative estimate of drug-likeness (QED) is 0.393. The molecule has 0 aliphatic heterocycles. The third kappa shape index (κ3) is 5.20. The van der Waals surface area contributed by atoms with Gasteiger partial charge in [0.1, 0.15) is 23.6 Å². The van der Waals surface area contributed by atoms with Crippen molar-refractivity contribution in [1.29, 1.82) is 0 Å². The number of halogens is 1. The minimum absolute atomic E-state index is 0.493. The molecule has 0 saturated carbocycles. The second kappa shape index (κ2) is 10.4. The molecule has 7 heteroatoms. The van der Waals surface area contributed by atoms with Gasteiger partial charge in [-0.3, -0.25) is 0 Å². The fourth-order valence-electron chi connectivity index (χ4n) is 3.41. The Morgan fingerprint density at radius 3 is 2.58 bits per heavy atom. The van der Waals surface area contributed by atoms with Crippen molar-refractivity contribution in [3.8, 4) is 11.5 Å². The predicted octanol–water partition coefficient (Wildman–Crippen LogP) is 5.71. The first kappa shape index (κ1) is 22.7. The highest BCUT2D eigenvalue weighted by Crippen LogP contribution is 2.38. The van der Waals surface area contributed by atoms with Crippen molar-refractivity contribution in [3.05, 3.63) is 59.4 Å². The van der Waals surface area contributed by atoms with E-state index in [4.69, 9.17) is 21.1 Å².